The monoisotopic (exact) mass is 468 g/mol. The van der Waals surface area contributed by atoms with Crippen molar-refractivity contribution in [1.82, 2.24) is 15.1 Å². The van der Waals surface area contributed by atoms with Gasteiger partial charge in [0.2, 0.25) is 11.7 Å². The maximum absolute atomic E-state index is 11.0. The highest BCUT2D eigenvalue weighted by molar-refractivity contribution is 5.78. The lowest BCUT2D eigenvalue weighted by Crippen LogP contribution is -2.33. The number of ether oxygens (including phenoxy) is 1. The first-order valence-corrected chi connectivity index (χ1v) is 11.5. The summed E-state index contributed by atoms with van der Waals surface area (Å²) in [6, 6.07) is 7.74. The molecule has 3 rings (SSSR count). The Morgan fingerprint density at radius 1 is 1.12 bits per heavy atom. The van der Waals surface area contributed by atoms with Crippen LogP contribution in [0, 0.1) is 13.8 Å². The standard InChI is InChI=1S/C25H32N4O5/c1-5-7-16-10-17(8-14(3)22(16)33-13-20(30)12-21(31)23(26)32)24-28-25(34-29-24)18-9-15(4)27-19(6-2)11-18/h8-11,20-21,30-31H,5-7,12-13H2,1-4H3,(H2,26,32)/t20-,21?/m0/s1. The van der Waals surface area contributed by atoms with Gasteiger partial charge in [-0.3, -0.25) is 9.78 Å². The summed E-state index contributed by atoms with van der Waals surface area (Å²) in [5.41, 5.74) is 10.3. The van der Waals surface area contributed by atoms with Crippen LogP contribution in [0.1, 0.15) is 49.2 Å². The molecule has 4 N–H and O–H groups in total. The number of nitrogens with zero attached hydrogens (tertiary/aromatic N) is 3. The van der Waals surface area contributed by atoms with Crippen LogP contribution in [-0.4, -0.2) is 50.1 Å². The first-order valence-electron chi connectivity index (χ1n) is 11.5. The van der Waals surface area contributed by atoms with E-state index in [0.29, 0.717) is 17.5 Å². The first kappa shape index (κ1) is 25.3. The average Bonchev–Trinajstić information content (AvgIpc) is 3.28. The predicted molar refractivity (Wildman–Crippen MR) is 127 cm³/mol. The molecule has 0 fully saturated rings. The lowest BCUT2D eigenvalue weighted by Gasteiger charge is -2.18. The number of carbonyl (C=O) groups is 1. The Morgan fingerprint density at radius 3 is 2.56 bits per heavy atom. The van der Waals surface area contributed by atoms with Crippen molar-refractivity contribution in [2.24, 2.45) is 5.73 Å². The van der Waals surface area contributed by atoms with Gasteiger partial charge in [-0.2, -0.15) is 4.98 Å². The summed E-state index contributed by atoms with van der Waals surface area (Å²) < 4.78 is 11.4. The molecular formula is C25H32N4O5. The summed E-state index contributed by atoms with van der Waals surface area (Å²) >= 11 is 0. The minimum absolute atomic E-state index is 0.0746. The molecule has 2 aromatic heterocycles. The second-order valence-electron chi connectivity index (χ2n) is 8.42. The van der Waals surface area contributed by atoms with E-state index < -0.39 is 18.1 Å². The molecule has 0 aliphatic carbocycles. The summed E-state index contributed by atoms with van der Waals surface area (Å²) in [5.74, 6) is 0.679. The lowest BCUT2D eigenvalue weighted by molar-refractivity contribution is -0.127. The molecule has 0 aliphatic heterocycles. The van der Waals surface area contributed by atoms with E-state index in [0.717, 1.165) is 52.9 Å². The highest BCUT2D eigenvalue weighted by Gasteiger charge is 2.20. The molecule has 0 bridgehead atoms. The van der Waals surface area contributed by atoms with Crippen LogP contribution in [0.4, 0.5) is 0 Å². The summed E-state index contributed by atoms with van der Waals surface area (Å²) in [6.45, 7) is 7.88. The van der Waals surface area contributed by atoms with Gasteiger partial charge in [0, 0.05) is 28.9 Å². The molecule has 2 heterocycles. The van der Waals surface area contributed by atoms with E-state index in [9.17, 15) is 15.0 Å². The molecule has 1 unspecified atom stereocenters. The van der Waals surface area contributed by atoms with Crippen molar-refractivity contribution in [3.05, 3.63) is 46.8 Å². The van der Waals surface area contributed by atoms with E-state index in [-0.39, 0.29) is 13.0 Å². The molecule has 0 radical (unpaired) electrons. The van der Waals surface area contributed by atoms with E-state index in [2.05, 4.69) is 22.0 Å². The average molecular weight is 469 g/mol. The van der Waals surface area contributed by atoms with Crippen molar-refractivity contribution in [3.63, 3.8) is 0 Å². The number of carbonyl (C=O) groups excluding carboxylic acids is 1. The van der Waals surface area contributed by atoms with Crippen LogP contribution in [0.25, 0.3) is 22.8 Å². The summed E-state index contributed by atoms with van der Waals surface area (Å²) in [5, 5.41) is 23.9. The van der Waals surface area contributed by atoms with Gasteiger partial charge in [-0.05, 0) is 62.1 Å². The van der Waals surface area contributed by atoms with Crippen molar-refractivity contribution in [1.29, 1.82) is 0 Å². The van der Waals surface area contributed by atoms with Gasteiger partial charge in [0.1, 0.15) is 18.5 Å². The van der Waals surface area contributed by atoms with Gasteiger partial charge in [0.15, 0.2) is 0 Å². The highest BCUT2D eigenvalue weighted by atomic mass is 16.5. The number of hydrogen-bond acceptors (Lipinski definition) is 8. The molecule has 34 heavy (non-hydrogen) atoms. The quantitative estimate of drug-likeness (QED) is 0.389. The minimum Gasteiger partial charge on any atom is -0.490 e. The normalized spacial score (nSPS) is 13.0. The second-order valence-corrected chi connectivity index (χ2v) is 8.42. The summed E-state index contributed by atoms with van der Waals surface area (Å²) in [6.07, 6.45) is -0.189. The molecule has 0 saturated carbocycles. The van der Waals surface area contributed by atoms with Gasteiger partial charge in [-0.15, -0.1) is 0 Å². The number of aryl methyl sites for hydroxylation is 4. The third kappa shape index (κ3) is 6.18. The van der Waals surface area contributed by atoms with E-state index in [1.54, 1.807) is 0 Å². The Labute approximate surface area is 199 Å². The lowest BCUT2D eigenvalue weighted by atomic mass is 10.0. The fourth-order valence-corrected chi connectivity index (χ4v) is 3.76. The van der Waals surface area contributed by atoms with Gasteiger partial charge in [-0.25, -0.2) is 0 Å². The molecule has 9 heteroatoms. The number of hydrogen-bond donors (Lipinski definition) is 3. The Morgan fingerprint density at radius 2 is 1.88 bits per heavy atom. The molecular weight excluding hydrogens is 436 g/mol. The van der Waals surface area contributed by atoms with Crippen molar-refractivity contribution in [2.45, 2.75) is 65.6 Å². The van der Waals surface area contributed by atoms with Crippen molar-refractivity contribution >= 4 is 5.91 Å². The van der Waals surface area contributed by atoms with Crippen molar-refractivity contribution < 1.29 is 24.3 Å². The number of aliphatic hydroxyl groups is 2. The van der Waals surface area contributed by atoms with Gasteiger partial charge in [-0.1, -0.05) is 25.4 Å². The van der Waals surface area contributed by atoms with E-state index in [1.165, 1.54) is 0 Å². The Bertz CT molecular complexity index is 1140. The molecule has 2 atom stereocenters. The smallest absolute Gasteiger partial charge is 0.258 e. The first-order chi connectivity index (χ1) is 16.2. The van der Waals surface area contributed by atoms with Crippen LogP contribution in [0.5, 0.6) is 5.75 Å². The Kier molecular flexibility index (Phi) is 8.36. The SMILES string of the molecule is CCCc1cc(-c2noc(-c3cc(C)nc(CC)c3)n2)cc(C)c1OC[C@@H](O)CC(O)C(N)=O. The second kappa shape index (κ2) is 11.2. The van der Waals surface area contributed by atoms with Crippen LogP contribution in [0.2, 0.25) is 0 Å². The zero-order valence-corrected chi connectivity index (χ0v) is 20.0. The number of aromatic nitrogens is 3. The Balaban J connectivity index is 1.84. The van der Waals surface area contributed by atoms with Crippen LogP contribution in [0.3, 0.4) is 0 Å². The molecule has 0 spiro atoms. The zero-order valence-electron chi connectivity index (χ0n) is 20.0. The van der Waals surface area contributed by atoms with Crippen LogP contribution in [0.15, 0.2) is 28.8 Å². The molecule has 3 aromatic rings. The fourth-order valence-electron chi connectivity index (χ4n) is 3.76. The third-order valence-corrected chi connectivity index (χ3v) is 5.41. The third-order valence-electron chi connectivity index (χ3n) is 5.41. The number of benzene rings is 1. The van der Waals surface area contributed by atoms with E-state index in [1.807, 2.05) is 45.0 Å². The summed E-state index contributed by atoms with van der Waals surface area (Å²) in [7, 11) is 0. The number of nitrogens with two attached hydrogens (primary N) is 1. The number of aliphatic hydroxyl groups excluding tert-OH is 2. The van der Waals surface area contributed by atoms with E-state index >= 15 is 0 Å². The van der Waals surface area contributed by atoms with Gasteiger partial charge in [0.05, 0.1) is 6.10 Å². The van der Waals surface area contributed by atoms with Crippen molar-refractivity contribution in [3.8, 4) is 28.6 Å². The largest absolute Gasteiger partial charge is 0.490 e. The number of pyridine rings is 1. The number of amides is 1. The van der Waals surface area contributed by atoms with Gasteiger partial charge < -0.3 is 25.2 Å². The fraction of sp³-hybridized carbons (Fsp3) is 0.440. The number of primary amides is 1. The van der Waals surface area contributed by atoms with Gasteiger partial charge >= 0.3 is 0 Å². The molecule has 0 saturated heterocycles. The van der Waals surface area contributed by atoms with E-state index in [4.69, 9.17) is 15.0 Å². The summed E-state index contributed by atoms with van der Waals surface area (Å²) in [4.78, 5) is 20.1. The van der Waals surface area contributed by atoms with Crippen LogP contribution < -0.4 is 10.5 Å². The maximum Gasteiger partial charge on any atom is 0.258 e. The zero-order chi connectivity index (χ0) is 24.8. The minimum atomic E-state index is -1.41. The number of rotatable bonds is 11. The molecule has 9 nitrogen and oxygen atoms in total. The maximum atomic E-state index is 11.0. The van der Waals surface area contributed by atoms with Crippen molar-refractivity contribution in [2.75, 3.05) is 6.61 Å². The van der Waals surface area contributed by atoms with Crippen LogP contribution in [-0.2, 0) is 17.6 Å². The highest BCUT2D eigenvalue weighted by Crippen LogP contribution is 2.32. The molecule has 1 aromatic carbocycles. The topological polar surface area (TPSA) is 145 Å². The van der Waals surface area contributed by atoms with Crippen LogP contribution >= 0.6 is 0 Å². The van der Waals surface area contributed by atoms with Gasteiger partial charge in [0.25, 0.3) is 5.89 Å². The molecule has 182 valence electrons. The molecule has 0 aliphatic rings. The molecule has 1 amide bonds. The Hall–Kier alpha value is -3.30. The predicted octanol–water partition coefficient (Wildman–Crippen LogP) is 2.91.